The predicted molar refractivity (Wildman–Crippen MR) is 64.5 cm³/mol. The number of rotatable bonds is 3. The second-order valence-electron chi connectivity index (χ2n) is 4.38. The van der Waals surface area contributed by atoms with Crippen molar-refractivity contribution in [1.29, 1.82) is 0 Å². The topological polar surface area (TPSA) is 16.1 Å². The number of anilines is 1. The number of hydrogen-bond donors (Lipinski definition) is 0. The zero-order chi connectivity index (χ0) is 10.8. The fraction of sp³-hybridized carbons (Fsp3) is 0.583. The molecule has 1 saturated carbocycles. The molecule has 0 radical (unpaired) electrons. The van der Waals surface area contributed by atoms with Gasteiger partial charge >= 0.3 is 0 Å². The molecule has 0 saturated heterocycles. The van der Waals surface area contributed by atoms with Gasteiger partial charge in [-0.3, -0.25) is 0 Å². The third-order valence-corrected chi connectivity index (χ3v) is 3.77. The van der Waals surface area contributed by atoms with Crippen molar-refractivity contribution in [2.45, 2.75) is 32.2 Å². The van der Waals surface area contributed by atoms with Gasteiger partial charge in [-0.1, -0.05) is 18.0 Å². The van der Waals surface area contributed by atoms with Crippen LogP contribution in [0.25, 0.3) is 0 Å². The van der Waals surface area contributed by atoms with Crippen LogP contribution in [-0.4, -0.2) is 18.1 Å². The molecule has 1 aromatic rings. The number of hydrogen-bond acceptors (Lipinski definition) is 2. The molecule has 0 bridgehead atoms. The van der Waals surface area contributed by atoms with Crippen LogP contribution in [-0.2, 0) is 0 Å². The van der Waals surface area contributed by atoms with Gasteiger partial charge in [0.15, 0.2) is 0 Å². The van der Waals surface area contributed by atoms with Crippen LogP contribution in [0.3, 0.4) is 0 Å². The van der Waals surface area contributed by atoms with Crippen LogP contribution in [0.1, 0.15) is 26.2 Å². The van der Waals surface area contributed by atoms with Crippen molar-refractivity contribution < 1.29 is 0 Å². The first-order chi connectivity index (χ1) is 7.18. The minimum absolute atomic E-state index is 0.570. The van der Waals surface area contributed by atoms with E-state index in [1.807, 2.05) is 12.1 Å². The standard InChI is InChI=1S/C12H17ClN2/c1-9(10-4-3-5-10)15(2)11-6-7-14-12(13)8-11/h6-10H,3-5H2,1-2H3. The molecular formula is C12H17ClN2. The van der Waals surface area contributed by atoms with Crippen molar-refractivity contribution in [2.75, 3.05) is 11.9 Å². The molecule has 0 aliphatic heterocycles. The van der Waals surface area contributed by atoms with Gasteiger partial charge in [-0.05, 0) is 37.8 Å². The van der Waals surface area contributed by atoms with Crippen LogP contribution in [0.15, 0.2) is 18.3 Å². The van der Waals surface area contributed by atoms with Crippen molar-refractivity contribution >= 4 is 17.3 Å². The van der Waals surface area contributed by atoms with E-state index in [0.29, 0.717) is 11.2 Å². The Morgan fingerprint density at radius 2 is 2.27 bits per heavy atom. The molecule has 0 N–H and O–H groups in total. The van der Waals surface area contributed by atoms with E-state index >= 15 is 0 Å². The minimum atomic E-state index is 0.570. The quantitative estimate of drug-likeness (QED) is 0.732. The Balaban J connectivity index is 2.08. The minimum Gasteiger partial charge on any atom is -0.371 e. The van der Waals surface area contributed by atoms with Crippen molar-refractivity contribution in [2.24, 2.45) is 5.92 Å². The highest BCUT2D eigenvalue weighted by atomic mass is 35.5. The summed E-state index contributed by atoms with van der Waals surface area (Å²) in [5.41, 5.74) is 1.16. The summed E-state index contributed by atoms with van der Waals surface area (Å²) in [6.07, 6.45) is 5.89. The van der Waals surface area contributed by atoms with Crippen molar-refractivity contribution in [3.8, 4) is 0 Å². The largest absolute Gasteiger partial charge is 0.371 e. The molecule has 1 aromatic heterocycles. The lowest BCUT2D eigenvalue weighted by molar-refractivity contribution is 0.268. The zero-order valence-corrected chi connectivity index (χ0v) is 10.0. The highest BCUT2D eigenvalue weighted by molar-refractivity contribution is 6.29. The van der Waals surface area contributed by atoms with E-state index in [4.69, 9.17) is 11.6 Å². The fourth-order valence-corrected chi connectivity index (χ4v) is 2.25. The first-order valence-corrected chi connectivity index (χ1v) is 5.90. The van der Waals surface area contributed by atoms with Gasteiger partial charge in [0.2, 0.25) is 0 Å². The summed E-state index contributed by atoms with van der Waals surface area (Å²) in [6, 6.07) is 4.54. The first kappa shape index (κ1) is 10.7. The Labute approximate surface area is 96.3 Å². The summed E-state index contributed by atoms with van der Waals surface area (Å²) >= 11 is 5.88. The second-order valence-corrected chi connectivity index (χ2v) is 4.77. The number of halogens is 1. The highest BCUT2D eigenvalue weighted by Gasteiger charge is 2.26. The summed E-state index contributed by atoms with van der Waals surface area (Å²) in [5, 5.41) is 0.570. The van der Waals surface area contributed by atoms with Gasteiger partial charge in [-0.2, -0.15) is 0 Å². The summed E-state index contributed by atoms with van der Waals surface area (Å²) in [7, 11) is 2.13. The average Bonchev–Trinajstić information content (AvgIpc) is 2.14. The molecule has 1 aliphatic rings. The maximum atomic E-state index is 5.88. The van der Waals surface area contributed by atoms with E-state index in [1.54, 1.807) is 6.20 Å². The number of pyridine rings is 1. The molecule has 1 aliphatic carbocycles. The summed E-state index contributed by atoms with van der Waals surface area (Å²) in [5.74, 6) is 0.849. The van der Waals surface area contributed by atoms with Gasteiger partial charge in [0, 0.05) is 25.0 Å². The van der Waals surface area contributed by atoms with Crippen molar-refractivity contribution in [3.05, 3.63) is 23.5 Å². The van der Waals surface area contributed by atoms with Crippen LogP contribution in [0, 0.1) is 5.92 Å². The SMILES string of the molecule is CC(C1CCC1)N(C)c1ccnc(Cl)c1. The Kier molecular flexibility index (Phi) is 3.15. The lowest BCUT2D eigenvalue weighted by Crippen LogP contribution is -2.38. The maximum Gasteiger partial charge on any atom is 0.131 e. The molecule has 1 unspecified atom stereocenters. The van der Waals surface area contributed by atoms with E-state index in [-0.39, 0.29) is 0 Å². The van der Waals surface area contributed by atoms with Crippen LogP contribution in [0.4, 0.5) is 5.69 Å². The molecule has 2 rings (SSSR count). The number of nitrogens with zero attached hydrogens (tertiary/aromatic N) is 2. The van der Waals surface area contributed by atoms with Crippen LogP contribution in [0.5, 0.6) is 0 Å². The van der Waals surface area contributed by atoms with E-state index in [0.717, 1.165) is 11.6 Å². The average molecular weight is 225 g/mol. The van der Waals surface area contributed by atoms with E-state index < -0.39 is 0 Å². The molecule has 1 heterocycles. The fourth-order valence-electron chi connectivity index (χ4n) is 2.09. The summed E-state index contributed by atoms with van der Waals surface area (Å²) < 4.78 is 0. The van der Waals surface area contributed by atoms with Crippen LogP contribution in [0.2, 0.25) is 5.15 Å². The molecule has 0 aromatic carbocycles. The maximum absolute atomic E-state index is 5.88. The Hall–Kier alpha value is -0.760. The van der Waals surface area contributed by atoms with Gasteiger partial charge in [0.1, 0.15) is 5.15 Å². The molecule has 2 nitrogen and oxygen atoms in total. The van der Waals surface area contributed by atoms with E-state index in [9.17, 15) is 0 Å². The molecule has 82 valence electrons. The molecule has 0 spiro atoms. The lowest BCUT2D eigenvalue weighted by Gasteiger charge is -2.38. The number of aromatic nitrogens is 1. The van der Waals surface area contributed by atoms with Gasteiger partial charge in [-0.15, -0.1) is 0 Å². The van der Waals surface area contributed by atoms with Crippen LogP contribution >= 0.6 is 11.6 Å². The zero-order valence-electron chi connectivity index (χ0n) is 9.28. The Bertz CT molecular complexity index is 336. The van der Waals surface area contributed by atoms with Gasteiger partial charge < -0.3 is 4.90 Å². The summed E-state index contributed by atoms with van der Waals surface area (Å²) in [6.45, 7) is 2.29. The Morgan fingerprint density at radius 3 is 2.80 bits per heavy atom. The van der Waals surface area contributed by atoms with Gasteiger partial charge in [0.25, 0.3) is 0 Å². The third-order valence-electron chi connectivity index (χ3n) is 3.56. The lowest BCUT2D eigenvalue weighted by atomic mass is 9.80. The molecular weight excluding hydrogens is 208 g/mol. The Morgan fingerprint density at radius 1 is 1.53 bits per heavy atom. The van der Waals surface area contributed by atoms with Gasteiger partial charge in [0.05, 0.1) is 0 Å². The molecule has 3 heteroatoms. The smallest absolute Gasteiger partial charge is 0.131 e. The van der Waals surface area contributed by atoms with Crippen LogP contribution < -0.4 is 4.90 Å². The molecule has 1 atom stereocenters. The second kappa shape index (κ2) is 4.40. The van der Waals surface area contributed by atoms with E-state index in [1.165, 1.54) is 19.3 Å². The molecule has 15 heavy (non-hydrogen) atoms. The third kappa shape index (κ3) is 2.25. The first-order valence-electron chi connectivity index (χ1n) is 5.53. The summed E-state index contributed by atoms with van der Waals surface area (Å²) in [4.78, 5) is 6.30. The molecule has 1 fully saturated rings. The van der Waals surface area contributed by atoms with Crippen molar-refractivity contribution in [1.82, 2.24) is 4.98 Å². The molecule has 0 amide bonds. The van der Waals surface area contributed by atoms with Crippen molar-refractivity contribution in [3.63, 3.8) is 0 Å². The predicted octanol–water partition coefficient (Wildman–Crippen LogP) is 3.36. The van der Waals surface area contributed by atoms with Gasteiger partial charge in [-0.25, -0.2) is 4.98 Å². The normalized spacial score (nSPS) is 18.3. The monoisotopic (exact) mass is 224 g/mol. The highest BCUT2D eigenvalue weighted by Crippen LogP contribution is 2.33. The van der Waals surface area contributed by atoms with E-state index in [2.05, 4.69) is 23.9 Å².